The Labute approximate surface area is 204 Å². The van der Waals surface area contributed by atoms with Gasteiger partial charge < -0.3 is 43.4 Å². The van der Waals surface area contributed by atoms with Crippen molar-refractivity contribution in [3.8, 4) is 0 Å². The lowest BCUT2D eigenvalue weighted by molar-refractivity contribution is -0.143. The normalized spacial score (nSPS) is 15.2. The Balaban J connectivity index is 5.53. The minimum Gasteiger partial charge on any atom is -0.480 e. The maximum atomic E-state index is 13.1. The van der Waals surface area contributed by atoms with Crippen molar-refractivity contribution in [2.75, 3.05) is 25.2 Å². The van der Waals surface area contributed by atoms with Crippen molar-refractivity contribution in [2.45, 2.75) is 63.7 Å². The molecular formula is C20H39N7O6S. The van der Waals surface area contributed by atoms with Crippen molar-refractivity contribution in [1.29, 1.82) is 0 Å². The number of carbonyl (C=O) groups is 4. The van der Waals surface area contributed by atoms with Crippen LogP contribution in [0.5, 0.6) is 0 Å². The summed E-state index contributed by atoms with van der Waals surface area (Å²) in [4.78, 5) is 53.3. The van der Waals surface area contributed by atoms with Crippen molar-refractivity contribution >= 4 is 41.4 Å². The molecule has 0 saturated heterocycles. The fourth-order valence-corrected chi connectivity index (χ4v) is 3.32. The number of amides is 3. The van der Waals surface area contributed by atoms with Crippen molar-refractivity contribution in [2.24, 2.45) is 28.1 Å². The predicted molar refractivity (Wildman–Crippen MR) is 131 cm³/mol. The van der Waals surface area contributed by atoms with Crippen LogP contribution in [0.2, 0.25) is 0 Å². The molecule has 0 aliphatic heterocycles. The van der Waals surface area contributed by atoms with Gasteiger partial charge >= 0.3 is 5.97 Å². The number of nitrogens with one attached hydrogen (secondary N) is 3. The van der Waals surface area contributed by atoms with Gasteiger partial charge in [0.2, 0.25) is 17.7 Å². The van der Waals surface area contributed by atoms with E-state index in [4.69, 9.17) is 22.3 Å². The van der Waals surface area contributed by atoms with Crippen LogP contribution in [0, 0.1) is 5.92 Å². The topological polar surface area (TPSA) is 235 Å². The molecule has 0 aliphatic carbocycles. The number of aliphatic hydroxyl groups is 1. The van der Waals surface area contributed by atoms with Gasteiger partial charge in [-0.1, -0.05) is 20.3 Å². The molecule has 0 fully saturated rings. The van der Waals surface area contributed by atoms with E-state index >= 15 is 0 Å². The average molecular weight is 506 g/mol. The van der Waals surface area contributed by atoms with Gasteiger partial charge in [0.25, 0.3) is 0 Å². The number of hydrogen-bond acceptors (Lipinski definition) is 8. The van der Waals surface area contributed by atoms with E-state index in [2.05, 4.69) is 20.9 Å². The molecule has 196 valence electrons. The van der Waals surface area contributed by atoms with E-state index in [1.54, 1.807) is 13.8 Å². The van der Waals surface area contributed by atoms with Crippen molar-refractivity contribution in [3.63, 3.8) is 0 Å². The zero-order valence-electron chi connectivity index (χ0n) is 20.0. The maximum Gasteiger partial charge on any atom is 0.328 e. The lowest BCUT2D eigenvalue weighted by Crippen LogP contribution is -2.59. The molecule has 0 aliphatic rings. The lowest BCUT2D eigenvalue weighted by Gasteiger charge is -2.28. The Hall–Kier alpha value is -2.58. The number of thioether (sulfide) groups is 1. The van der Waals surface area contributed by atoms with Crippen molar-refractivity contribution in [3.05, 3.63) is 0 Å². The van der Waals surface area contributed by atoms with Crippen molar-refractivity contribution < 1.29 is 29.4 Å². The molecule has 11 N–H and O–H groups in total. The summed E-state index contributed by atoms with van der Waals surface area (Å²) in [7, 11) is 0. The Bertz CT molecular complexity index is 705. The van der Waals surface area contributed by atoms with Gasteiger partial charge in [-0.3, -0.25) is 19.4 Å². The molecule has 3 amide bonds. The van der Waals surface area contributed by atoms with Gasteiger partial charge in [-0.15, -0.1) is 0 Å². The van der Waals surface area contributed by atoms with Crippen molar-refractivity contribution in [1.82, 2.24) is 16.0 Å². The molecule has 13 nitrogen and oxygen atoms in total. The van der Waals surface area contributed by atoms with Crippen LogP contribution < -0.4 is 33.2 Å². The van der Waals surface area contributed by atoms with Crippen LogP contribution in [0.1, 0.15) is 39.5 Å². The Kier molecular flexibility index (Phi) is 15.7. The zero-order chi connectivity index (χ0) is 26.3. The number of hydrogen-bond donors (Lipinski definition) is 8. The summed E-state index contributed by atoms with van der Waals surface area (Å²) in [6.45, 7) is 2.94. The van der Waals surface area contributed by atoms with E-state index in [0.717, 1.165) is 0 Å². The molecule has 5 atom stereocenters. The van der Waals surface area contributed by atoms with Gasteiger partial charge in [0.1, 0.15) is 18.1 Å². The highest BCUT2D eigenvalue weighted by atomic mass is 32.2. The third kappa shape index (κ3) is 12.0. The van der Waals surface area contributed by atoms with Gasteiger partial charge in [-0.25, -0.2) is 4.79 Å². The van der Waals surface area contributed by atoms with Crippen LogP contribution in [0.25, 0.3) is 0 Å². The number of rotatable bonds is 17. The first-order valence-electron chi connectivity index (χ1n) is 11.0. The second-order valence-electron chi connectivity index (χ2n) is 7.85. The standard InChI is InChI=1S/C20H39N7O6S/c1-4-11(2)15(18(31)26-14(10-28)19(32)33)27-17(30)13(6-5-8-24-20(22)23)25-16(29)12(21)7-9-34-3/h11-15,28H,4-10,21H2,1-3H3,(H,25,29)(H,26,31)(H,27,30)(H,32,33)(H4,22,23,24). The van der Waals surface area contributed by atoms with Gasteiger partial charge in [-0.2, -0.15) is 11.8 Å². The Morgan fingerprint density at radius 1 is 1.00 bits per heavy atom. The van der Waals surface area contributed by atoms with Crippen LogP contribution in [-0.4, -0.2) is 89.2 Å². The highest BCUT2D eigenvalue weighted by Crippen LogP contribution is 2.10. The average Bonchev–Trinajstić information content (AvgIpc) is 2.79. The fraction of sp³-hybridized carbons (Fsp3) is 0.750. The second kappa shape index (κ2) is 16.9. The molecule has 0 bridgehead atoms. The van der Waals surface area contributed by atoms with E-state index in [9.17, 15) is 24.3 Å². The number of carboxylic acid groups (broad SMARTS) is 1. The Morgan fingerprint density at radius 2 is 1.62 bits per heavy atom. The zero-order valence-corrected chi connectivity index (χ0v) is 20.8. The monoisotopic (exact) mass is 505 g/mol. The number of aliphatic hydroxyl groups excluding tert-OH is 1. The van der Waals surface area contributed by atoms with E-state index in [-0.39, 0.29) is 24.8 Å². The second-order valence-corrected chi connectivity index (χ2v) is 8.84. The summed E-state index contributed by atoms with van der Waals surface area (Å²) in [5.74, 6) is -3.10. The highest BCUT2D eigenvalue weighted by molar-refractivity contribution is 7.98. The van der Waals surface area contributed by atoms with E-state index in [1.807, 2.05) is 6.26 Å². The highest BCUT2D eigenvalue weighted by Gasteiger charge is 2.32. The number of nitrogens with zero attached hydrogens (tertiary/aromatic N) is 1. The summed E-state index contributed by atoms with van der Waals surface area (Å²) in [6, 6.07) is -4.43. The number of aliphatic carboxylic acids is 1. The first-order valence-corrected chi connectivity index (χ1v) is 12.4. The molecule has 14 heteroatoms. The first-order chi connectivity index (χ1) is 16.0. The minimum atomic E-state index is -1.51. The third-order valence-electron chi connectivity index (χ3n) is 5.14. The Morgan fingerprint density at radius 3 is 2.12 bits per heavy atom. The molecule has 0 aromatic rings. The SMILES string of the molecule is CCC(C)C(NC(=O)C(CCCN=C(N)N)NC(=O)C(N)CCSC)C(=O)NC(CO)C(=O)O. The smallest absolute Gasteiger partial charge is 0.328 e. The maximum absolute atomic E-state index is 13.1. The lowest BCUT2D eigenvalue weighted by atomic mass is 9.97. The van der Waals surface area contributed by atoms with Crippen LogP contribution in [0.3, 0.4) is 0 Å². The van der Waals surface area contributed by atoms with E-state index in [1.165, 1.54) is 11.8 Å². The van der Waals surface area contributed by atoms with E-state index < -0.39 is 54.5 Å². The van der Waals surface area contributed by atoms with Crippen LogP contribution in [0.15, 0.2) is 4.99 Å². The minimum absolute atomic E-state index is 0.102. The molecule has 0 aromatic heterocycles. The van der Waals surface area contributed by atoms with Crippen LogP contribution in [-0.2, 0) is 19.2 Å². The van der Waals surface area contributed by atoms with Gasteiger partial charge in [0.05, 0.1) is 12.6 Å². The molecule has 0 saturated carbocycles. The molecule has 34 heavy (non-hydrogen) atoms. The molecule has 0 aromatic carbocycles. The third-order valence-corrected chi connectivity index (χ3v) is 5.78. The molecule has 0 radical (unpaired) electrons. The number of aliphatic imine (C=N–C) groups is 1. The largest absolute Gasteiger partial charge is 0.480 e. The van der Waals surface area contributed by atoms with Crippen LogP contribution in [0.4, 0.5) is 0 Å². The van der Waals surface area contributed by atoms with Gasteiger partial charge in [0.15, 0.2) is 5.96 Å². The molecule has 0 rings (SSSR count). The number of carboxylic acids is 1. The molecule has 0 spiro atoms. The quantitative estimate of drug-likeness (QED) is 0.0597. The number of guanidine groups is 1. The molecule has 5 unspecified atom stereocenters. The summed E-state index contributed by atoms with van der Waals surface area (Å²) < 4.78 is 0. The number of carbonyl (C=O) groups excluding carboxylic acids is 3. The summed E-state index contributed by atoms with van der Waals surface area (Å²) in [5.41, 5.74) is 16.5. The summed E-state index contributed by atoms with van der Waals surface area (Å²) in [5, 5.41) is 25.7. The van der Waals surface area contributed by atoms with Gasteiger partial charge in [-0.05, 0) is 37.2 Å². The number of nitrogens with two attached hydrogens (primary N) is 3. The van der Waals surface area contributed by atoms with Gasteiger partial charge in [0, 0.05) is 6.54 Å². The molecule has 0 heterocycles. The predicted octanol–water partition coefficient (Wildman–Crippen LogP) is -2.30. The first kappa shape index (κ1) is 31.4. The summed E-state index contributed by atoms with van der Waals surface area (Å²) in [6.07, 6.45) is 3.34. The summed E-state index contributed by atoms with van der Waals surface area (Å²) >= 11 is 1.54. The van der Waals surface area contributed by atoms with E-state index in [0.29, 0.717) is 25.0 Å². The molecular weight excluding hydrogens is 466 g/mol. The fourth-order valence-electron chi connectivity index (χ4n) is 2.83. The van der Waals surface area contributed by atoms with Crippen LogP contribution >= 0.6 is 11.8 Å².